The summed E-state index contributed by atoms with van der Waals surface area (Å²) in [6, 6.07) is 8.09. The van der Waals surface area contributed by atoms with Gasteiger partial charge in [0.15, 0.2) is 0 Å². The van der Waals surface area contributed by atoms with Crippen LogP contribution in [-0.2, 0) is 11.3 Å². The number of hydrogen-bond donors (Lipinski definition) is 3. The van der Waals surface area contributed by atoms with Crippen LogP contribution in [-0.4, -0.2) is 19.1 Å². The molecule has 1 aromatic heterocycles. The normalized spacial score (nSPS) is 9.95. The number of esters is 1. The van der Waals surface area contributed by atoms with E-state index in [1.807, 2.05) is 6.07 Å². The first-order valence-electron chi connectivity index (χ1n) is 6.15. The van der Waals surface area contributed by atoms with Crippen molar-refractivity contribution in [1.29, 1.82) is 0 Å². The quantitative estimate of drug-likeness (QED) is 0.731. The molecule has 0 atom stereocenters. The van der Waals surface area contributed by atoms with Crippen molar-refractivity contribution in [3.63, 3.8) is 0 Å². The van der Waals surface area contributed by atoms with Gasteiger partial charge in [0.1, 0.15) is 0 Å². The highest BCUT2D eigenvalue weighted by Crippen LogP contribution is 2.18. The molecule has 7 heteroatoms. The summed E-state index contributed by atoms with van der Waals surface area (Å²) in [6.07, 6.45) is 1.42. The molecule has 0 spiro atoms. The van der Waals surface area contributed by atoms with Gasteiger partial charge in [-0.3, -0.25) is 0 Å². The van der Waals surface area contributed by atoms with Crippen molar-refractivity contribution in [1.82, 2.24) is 0 Å². The van der Waals surface area contributed by atoms with Gasteiger partial charge in [0.05, 0.1) is 13.4 Å². The summed E-state index contributed by atoms with van der Waals surface area (Å²) in [6.45, 7) is 0.376. The van der Waals surface area contributed by atoms with E-state index in [1.165, 1.54) is 13.4 Å². The Labute approximate surface area is 121 Å². The molecule has 0 saturated carbocycles. The van der Waals surface area contributed by atoms with E-state index in [4.69, 9.17) is 10.2 Å². The molecule has 1 aromatic carbocycles. The van der Waals surface area contributed by atoms with E-state index in [-0.39, 0.29) is 5.76 Å². The van der Waals surface area contributed by atoms with Crippen LogP contribution in [0.25, 0.3) is 0 Å². The minimum absolute atomic E-state index is 0.163. The number of rotatable bonds is 5. The second-order valence-electron chi connectivity index (χ2n) is 4.19. The van der Waals surface area contributed by atoms with Gasteiger partial charge in [-0.2, -0.15) is 0 Å². The maximum Gasteiger partial charge on any atom is 0.374 e. The Morgan fingerprint density at radius 2 is 2.05 bits per heavy atom. The zero-order valence-electron chi connectivity index (χ0n) is 11.4. The number of carbonyl (C=O) groups excluding carboxylic acids is 2. The van der Waals surface area contributed by atoms with E-state index in [2.05, 4.69) is 15.4 Å². The minimum atomic E-state index is -0.630. The fourth-order valence-corrected chi connectivity index (χ4v) is 1.79. The molecule has 0 aliphatic carbocycles. The Bertz CT molecular complexity index is 651. The Hall–Kier alpha value is -2.96. The average molecular weight is 289 g/mol. The summed E-state index contributed by atoms with van der Waals surface area (Å²) in [5, 5.41) is 5.60. The molecule has 1 heterocycles. The van der Waals surface area contributed by atoms with Gasteiger partial charge in [-0.25, -0.2) is 9.59 Å². The van der Waals surface area contributed by atoms with Crippen LogP contribution in [0.1, 0.15) is 16.1 Å². The molecule has 2 aromatic rings. The third-order valence-corrected chi connectivity index (χ3v) is 2.73. The Morgan fingerprint density at radius 1 is 1.29 bits per heavy atom. The standard InChI is InChI=1S/C14H15N3O4/c1-20-13(18)12-9(5-6-21-12)8-16-10-3-2-4-11(7-10)17-14(15)19/h2-7,16H,8H2,1H3,(H3,15,17,19). The lowest BCUT2D eigenvalue weighted by molar-refractivity contribution is 0.0563. The predicted octanol–water partition coefficient (Wildman–Crippen LogP) is 2.17. The number of ether oxygens (including phenoxy) is 1. The molecular formula is C14H15N3O4. The van der Waals surface area contributed by atoms with Crippen molar-refractivity contribution >= 4 is 23.4 Å². The molecule has 0 saturated heterocycles. The lowest BCUT2D eigenvalue weighted by Gasteiger charge is -2.08. The first-order valence-corrected chi connectivity index (χ1v) is 6.15. The molecule has 110 valence electrons. The van der Waals surface area contributed by atoms with Gasteiger partial charge in [-0.15, -0.1) is 0 Å². The van der Waals surface area contributed by atoms with Gasteiger partial charge in [0.25, 0.3) is 0 Å². The zero-order chi connectivity index (χ0) is 15.2. The van der Waals surface area contributed by atoms with E-state index >= 15 is 0 Å². The Kier molecular flexibility index (Phi) is 4.45. The Balaban J connectivity index is 2.05. The van der Waals surface area contributed by atoms with Crippen molar-refractivity contribution in [2.45, 2.75) is 6.54 Å². The lowest BCUT2D eigenvalue weighted by atomic mass is 10.2. The second-order valence-corrected chi connectivity index (χ2v) is 4.19. The summed E-state index contributed by atoms with van der Waals surface area (Å²) in [4.78, 5) is 22.3. The van der Waals surface area contributed by atoms with E-state index in [1.54, 1.807) is 24.3 Å². The van der Waals surface area contributed by atoms with Crippen LogP contribution in [0.5, 0.6) is 0 Å². The molecule has 0 radical (unpaired) electrons. The number of carbonyl (C=O) groups is 2. The average Bonchev–Trinajstić information content (AvgIpc) is 2.92. The van der Waals surface area contributed by atoms with Crippen LogP contribution in [0.3, 0.4) is 0 Å². The number of nitrogens with one attached hydrogen (secondary N) is 2. The van der Waals surface area contributed by atoms with Gasteiger partial charge >= 0.3 is 12.0 Å². The van der Waals surface area contributed by atoms with Crippen LogP contribution in [0.4, 0.5) is 16.2 Å². The molecular weight excluding hydrogens is 274 g/mol. The van der Waals surface area contributed by atoms with Crippen LogP contribution >= 0.6 is 0 Å². The van der Waals surface area contributed by atoms with E-state index in [0.29, 0.717) is 17.8 Å². The molecule has 0 bridgehead atoms. The van der Waals surface area contributed by atoms with Crippen molar-refractivity contribution < 1.29 is 18.7 Å². The first-order chi connectivity index (χ1) is 10.1. The van der Waals surface area contributed by atoms with Gasteiger partial charge in [0.2, 0.25) is 5.76 Å². The number of hydrogen-bond acceptors (Lipinski definition) is 5. The molecule has 21 heavy (non-hydrogen) atoms. The van der Waals surface area contributed by atoms with E-state index in [0.717, 1.165) is 5.69 Å². The van der Waals surface area contributed by atoms with Crippen molar-refractivity contribution in [3.05, 3.63) is 47.9 Å². The van der Waals surface area contributed by atoms with Gasteiger partial charge in [-0.1, -0.05) is 6.07 Å². The van der Waals surface area contributed by atoms with E-state index < -0.39 is 12.0 Å². The summed E-state index contributed by atoms with van der Waals surface area (Å²) in [5.41, 5.74) is 7.07. The number of methoxy groups -OCH3 is 1. The molecule has 2 rings (SSSR count). The number of nitrogens with two attached hydrogens (primary N) is 1. The summed E-state index contributed by atoms with van der Waals surface area (Å²) >= 11 is 0. The monoisotopic (exact) mass is 289 g/mol. The topological polar surface area (TPSA) is 107 Å². The number of urea groups is 1. The number of benzene rings is 1. The lowest BCUT2D eigenvalue weighted by Crippen LogP contribution is -2.19. The maximum atomic E-state index is 11.5. The number of furan rings is 1. The first kappa shape index (κ1) is 14.4. The Morgan fingerprint density at radius 3 is 2.76 bits per heavy atom. The fourth-order valence-electron chi connectivity index (χ4n) is 1.79. The van der Waals surface area contributed by atoms with Crippen molar-refractivity contribution in [2.75, 3.05) is 17.7 Å². The summed E-state index contributed by atoms with van der Waals surface area (Å²) < 4.78 is 9.72. The van der Waals surface area contributed by atoms with Gasteiger partial charge in [-0.05, 0) is 24.3 Å². The smallest absolute Gasteiger partial charge is 0.374 e. The maximum absolute atomic E-state index is 11.5. The van der Waals surface area contributed by atoms with Crippen LogP contribution in [0, 0.1) is 0 Å². The highest BCUT2D eigenvalue weighted by molar-refractivity contribution is 5.89. The molecule has 0 unspecified atom stereocenters. The minimum Gasteiger partial charge on any atom is -0.463 e. The summed E-state index contributed by atoms with van der Waals surface area (Å²) in [7, 11) is 1.29. The SMILES string of the molecule is COC(=O)c1occc1CNc1cccc(NC(N)=O)c1. The number of primary amides is 1. The molecule has 4 N–H and O–H groups in total. The predicted molar refractivity (Wildman–Crippen MR) is 77.0 cm³/mol. The van der Waals surface area contributed by atoms with Gasteiger partial charge in [0, 0.05) is 23.5 Å². The fraction of sp³-hybridized carbons (Fsp3) is 0.143. The largest absolute Gasteiger partial charge is 0.463 e. The third kappa shape index (κ3) is 3.75. The highest BCUT2D eigenvalue weighted by Gasteiger charge is 2.15. The second kappa shape index (κ2) is 6.47. The van der Waals surface area contributed by atoms with Crippen LogP contribution in [0.2, 0.25) is 0 Å². The summed E-state index contributed by atoms with van der Waals surface area (Å²) in [5.74, 6) is -0.364. The third-order valence-electron chi connectivity index (χ3n) is 2.73. The van der Waals surface area contributed by atoms with E-state index in [9.17, 15) is 9.59 Å². The molecule has 0 aliphatic rings. The van der Waals surface area contributed by atoms with Crippen LogP contribution < -0.4 is 16.4 Å². The van der Waals surface area contributed by atoms with Crippen LogP contribution in [0.15, 0.2) is 41.0 Å². The molecule has 7 nitrogen and oxygen atoms in total. The molecule has 0 fully saturated rings. The molecule has 2 amide bonds. The molecule has 0 aliphatic heterocycles. The number of amides is 2. The van der Waals surface area contributed by atoms with Crippen molar-refractivity contribution in [2.24, 2.45) is 5.73 Å². The zero-order valence-corrected chi connectivity index (χ0v) is 11.4. The van der Waals surface area contributed by atoms with Gasteiger partial charge < -0.3 is 25.5 Å². The highest BCUT2D eigenvalue weighted by atomic mass is 16.5. The van der Waals surface area contributed by atoms with Crippen molar-refractivity contribution in [3.8, 4) is 0 Å². The number of anilines is 2.